The monoisotopic (exact) mass is 416 g/mol. The van der Waals surface area contributed by atoms with Crippen LogP contribution >= 0.6 is 0 Å². The summed E-state index contributed by atoms with van der Waals surface area (Å²) in [5.74, 6) is 4.51. The lowest BCUT2D eigenvalue weighted by Crippen LogP contribution is -2.28. The average molecular weight is 417 g/mol. The van der Waals surface area contributed by atoms with Crippen molar-refractivity contribution in [3.63, 3.8) is 0 Å². The number of aliphatic hydroxyl groups is 2. The molecule has 0 aromatic carbocycles. The van der Waals surface area contributed by atoms with Gasteiger partial charge in [-0.3, -0.25) is 0 Å². The highest BCUT2D eigenvalue weighted by molar-refractivity contribution is 4.73. The van der Waals surface area contributed by atoms with Gasteiger partial charge in [-0.05, 0) is 74.0 Å². The van der Waals surface area contributed by atoms with E-state index in [4.69, 9.17) is 14.9 Å². The number of hydrogen-bond donors (Lipinski definition) is 2. The Balaban J connectivity index is 0. The summed E-state index contributed by atoms with van der Waals surface area (Å²) < 4.78 is 6.78. The van der Waals surface area contributed by atoms with E-state index in [0.717, 1.165) is 23.7 Å². The van der Waals surface area contributed by atoms with Crippen molar-refractivity contribution >= 4 is 0 Å². The highest BCUT2D eigenvalue weighted by Crippen LogP contribution is 2.28. The normalized spacial score (nSPS) is 16.1. The summed E-state index contributed by atoms with van der Waals surface area (Å²) >= 11 is 0. The molecule has 0 fully saturated rings. The zero-order valence-corrected chi connectivity index (χ0v) is 21.6. The maximum atomic E-state index is 7.62. The lowest BCUT2D eigenvalue weighted by molar-refractivity contribution is -0.0518. The molecule has 0 aliphatic carbocycles. The molecule has 3 heteroatoms. The maximum Gasteiger partial charge on any atom is 0.0662 e. The first kappa shape index (κ1) is 31.1. The molecule has 0 saturated heterocycles. The van der Waals surface area contributed by atoms with E-state index in [1.807, 2.05) is 0 Å². The number of rotatable bonds is 15. The van der Waals surface area contributed by atoms with Crippen LogP contribution in [0.15, 0.2) is 0 Å². The Kier molecular flexibility index (Phi) is 20.0. The van der Waals surface area contributed by atoms with Crippen molar-refractivity contribution in [1.29, 1.82) is 0 Å². The van der Waals surface area contributed by atoms with E-state index in [2.05, 4.69) is 69.2 Å². The smallest absolute Gasteiger partial charge is 0.0662 e. The second-order valence-electron chi connectivity index (χ2n) is 11.0. The number of aliphatic hydroxyl groups excluding tert-OH is 2. The zero-order chi connectivity index (χ0) is 23.0. The molecule has 0 radical (unpaired) electrons. The van der Waals surface area contributed by atoms with Crippen molar-refractivity contribution in [3.8, 4) is 0 Å². The van der Waals surface area contributed by atoms with Gasteiger partial charge in [-0.2, -0.15) is 0 Å². The van der Waals surface area contributed by atoms with Gasteiger partial charge in [0, 0.05) is 0 Å². The molecule has 4 unspecified atom stereocenters. The molecule has 0 amide bonds. The first-order valence-corrected chi connectivity index (χ1v) is 12.3. The molecule has 2 N–H and O–H groups in total. The first-order valence-electron chi connectivity index (χ1n) is 12.3. The molecule has 4 atom stereocenters. The third kappa shape index (κ3) is 22.4. The molecule has 0 saturated carbocycles. The highest BCUT2D eigenvalue weighted by Gasteiger charge is 2.23. The van der Waals surface area contributed by atoms with Crippen LogP contribution in [-0.2, 0) is 4.74 Å². The first-order chi connectivity index (χ1) is 13.4. The highest BCUT2D eigenvalue weighted by atomic mass is 16.5. The third-order valence-corrected chi connectivity index (χ3v) is 5.03. The Morgan fingerprint density at radius 3 is 0.931 bits per heavy atom. The molecule has 0 bridgehead atoms. The third-order valence-electron chi connectivity index (χ3n) is 5.03. The molecular weight excluding hydrogens is 360 g/mol. The molecule has 0 aromatic rings. The van der Waals surface area contributed by atoms with Gasteiger partial charge in [-0.15, -0.1) is 0 Å². The van der Waals surface area contributed by atoms with Gasteiger partial charge in [0.25, 0.3) is 0 Å². The summed E-state index contributed by atoms with van der Waals surface area (Å²) in [6.07, 6.45) is 8.36. The quantitative estimate of drug-likeness (QED) is 0.304. The standard InChI is InChI=1S/C24H50O.C2H6O2/c1-17(2)11-21(9)15-23(13-19(5)6)25-24(14-20(7)8)16-22(10)12-18(3)4;3-1-2-4/h17-24H,11-16H2,1-10H3;3-4H,1-2H2. The molecule has 0 spiro atoms. The second-order valence-corrected chi connectivity index (χ2v) is 11.0. The molecule has 0 aliphatic rings. The SMILES string of the molecule is CC(C)CC(C)CC(CC(C)C)OC(CC(C)C)CC(C)CC(C)C.OCCO. The van der Waals surface area contributed by atoms with Crippen LogP contribution in [0.25, 0.3) is 0 Å². The summed E-state index contributed by atoms with van der Waals surface area (Å²) in [4.78, 5) is 0. The van der Waals surface area contributed by atoms with Crippen LogP contribution < -0.4 is 0 Å². The zero-order valence-electron chi connectivity index (χ0n) is 21.6. The van der Waals surface area contributed by atoms with Gasteiger partial charge >= 0.3 is 0 Å². The lowest BCUT2D eigenvalue weighted by Gasteiger charge is -2.31. The van der Waals surface area contributed by atoms with Gasteiger partial charge in [0.2, 0.25) is 0 Å². The fourth-order valence-electron chi connectivity index (χ4n) is 4.44. The van der Waals surface area contributed by atoms with Crippen LogP contribution in [0.2, 0.25) is 0 Å². The minimum atomic E-state index is -0.125. The van der Waals surface area contributed by atoms with Gasteiger partial charge in [-0.25, -0.2) is 0 Å². The summed E-state index contributed by atoms with van der Waals surface area (Å²) in [6.45, 7) is 23.3. The van der Waals surface area contributed by atoms with Gasteiger partial charge in [0.05, 0.1) is 25.4 Å². The van der Waals surface area contributed by atoms with E-state index in [1.54, 1.807) is 0 Å². The van der Waals surface area contributed by atoms with Crippen LogP contribution in [0.5, 0.6) is 0 Å². The summed E-state index contributed by atoms with van der Waals surface area (Å²) in [7, 11) is 0. The molecule has 0 aromatic heterocycles. The second kappa shape index (κ2) is 18.6. The van der Waals surface area contributed by atoms with Crippen molar-refractivity contribution in [2.75, 3.05) is 13.2 Å². The molecule has 0 rings (SSSR count). The van der Waals surface area contributed by atoms with Gasteiger partial charge in [0.15, 0.2) is 0 Å². The van der Waals surface area contributed by atoms with Crippen LogP contribution in [-0.4, -0.2) is 35.6 Å². The minimum Gasteiger partial charge on any atom is -0.394 e. The van der Waals surface area contributed by atoms with Crippen LogP contribution in [0.4, 0.5) is 0 Å². The van der Waals surface area contributed by atoms with E-state index in [0.29, 0.717) is 24.0 Å². The number of ether oxygens (including phenoxy) is 1. The lowest BCUT2D eigenvalue weighted by atomic mass is 9.89. The van der Waals surface area contributed by atoms with Crippen molar-refractivity contribution in [2.24, 2.45) is 35.5 Å². The Bertz CT molecular complexity index is 307. The molecular formula is C26H56O3. The van der Waals surface area contributed by atoms with Gasteiger partial charge in [-0.1, -0.05) is 69.2 Å². The van der Waals surface area contributed by atoms with Gasteiger partial charge in [0.1, 0.15) is 0 Å². The Morgan fingerprint density at radius 1 is 0.448 bits per heavy atom. The fourth-order valence-corrected chi connectivity index (χ4v) is 4.44. The number of hydrogen-bond acceptors (Lipinski definition) is 3. The van der Waals surface area contributed by atoms with Gasteiger partial charge < -0.3 is 14.9 Å². The van der Waals surface area contributed by atoms with E-state index in [1.165, 1.54) is 38.5 Å². The molecule has 29 heavy (non-hydrogen) atoms. The topological polar surface area (TPSA) is 49.7 Å². The predicted octanol–water partition coefficient (Wildman–Crippen LogP) is 6.95. The summed E-state index contributed by atoms with van der Waals surface area (Å²) in [5, 5.41) is 15.2. The van der Waals surface area contributed by atoms with Crippen molar-refractivity contribution in [1.82, 2.24) is 0 Å². The predicted molar refractivity (Wildman–Crippen MR) is 128 cm³/mol. The fraction of sp³-hybridized carbons (Fsp3) is 1.00. The Hall–Kier alpha value is -0.120. The summed E-state index contributed by atoms with van der Waals surface area (Å²) in [5.41, 5.74) is 0. The average Bonchev–Trinajstić information content (AvgIpc) is 2.51. The largest absolute Gasteiger partial charge is 0.394 e. The minimum absolute atomic E-state index is 0.125. The molecule has 3 nitrogen and oxygen atoms in total. The van der Waals surface area contributed by atoms with Crippen molar-refractivity contribution in [3.05, 3.63) is 0 Å². The molecule has 0 heterocycles. The Morgan fingerprint density at radius 2 is 0.724 bits per heavy atom. The van der Waals surface area contributed by atoms with Crippen LogP contribution in [0.3, 0.4) is 0 Å². The molecule has 0 aliphatic heterocycles. The van der Waals surface area contributed by atoms with Crippen molar-refractivity contribution < 1.29 is 14.9 Å². The summed E-state index contributed by atoms with van der Waals surface area (Å²) in [6, 6.07) is 0. The maximum absolute atomic E-state index is 7.62. The van der Waals surface area contributed by atoms with E-state index in [-0.39, 0.29) is 13.2 Å². The van der Waals surface area contributed by atoms with E-state index < -0.39 is 0 Å². The van der Waals surface area contributed by atoms with E-state index in [9.17, 15) is 0 Å². The Labute approximate surface area is 184 Å². The van der Waals surface area contributed by atoms with Crippen LogP contribution in [0.1, 0.15) is 108 Å². The van der Waals surface area contributed by atoms with E-state index >= 15 is 0 Å². The molecule has 178 valence electrons. The van der Waals surface area contributed by atoms with Crippen LogP contribution in [0, 0.1) is 35.5 Å². The van der Waals surface area contributed by atoms with Crippen molar-refractivity contribution in [2.45, 2.75) is 120 Å².